The zero-order valence-corrected chi connectivity index (χ0v) is 22.1. The summed E-state index contributed by atoms with van der Waals surface area (Å²) in [5.74, 6) is 0. The summed E-state index contributed by atoms with van der Waals surface area (Å²) in [5, 5.41) is 6.31. The molecule has 1 N–H and O–H groups in total. The predicted molar refractivity (Wildman–Crippen MR) is 166 cm³/mol. The van der Waals surface area contributed by atoms with Crippen LogP contribution in [0.15, 0.2) is 146 Å². The summed E-state index contributed by atoms with van der Waals surface area (Å²) >= 11 is 1.85. The lowest BCUT2D eigenvalue weighted by molar-refractivity contribution is 0.768. The van der Waals surface area contributed by atoms with E-state index in [2.05, 4.69) is 151 Å². The summed E-state index contributed by atoms with van der Waals surface area (Å²) in [6, 6.07) is 53.1. The Morgan fingerprint density at radius 1 is 0.436 bits per heavy atom. The van der Waals surface area contributed by atoms with Crippen LogP contribution in [0.2, 0.25) is 0 Å². The molecule has 0 spiro atoms. The van der Waals surface area contributed by atoms with E-state index in [9.17, 15) is 0 Å². The SMILES string of the molecule is c1ccc(C2(c3ccc(Nc4ccc5c(c4)sc4ccccc45)cc3)c3ccccc3-c3ccccc32)cc1. The van der Waals surface area contributed by atoms with Crippen molar-refractivity contribution in [2.45, 2.75) is 5.41 Å². The van der Waals surface area contributed by atoms with Crippen molar-refractivity contribution in [3.8, 4) is 11.1 Å². The van der Waals surface area contributed by atoms with Crippen molar-refractivity contribution in [3.05, 3.63) is 168 Å². The average Bonchev–Trinajstić information content (AvgIpc) is 3.52. The monoisotopic (exact) mass is 515 g/mol. The molecule has 0 aliphatic heterocycles. The van der Waals surface area contributed by atoms with Gasteiger partial charge in [-0.05, 0) is 63.7 Å². The van der Waals surface area contributed by atoms with Gasteiger partial charge < -0.3 is 5.32 Å². The Bertz CT molecular complexity index is 1940. The maximum Gasteiger partial charge on any atom is 0.0713 e. The molecule has 1 aliphatic rings. The number of fused-ring (bicyclic) bond motifs is 6. The Kier molecular flexibility index (Phi) is 4.98. The van der Waals surface area contributed by atoms with Gasteiger partial charge >= 0.3 is 0 Å². The minimum atomic E-state index is -0.358. The highest BCUT2D eigenvalue weighted by atomic mass is 32.1. The molecule has 0 radical (unpaired) electrons. The lowest BCUT2D eigenvalue weighted by Crippen LogP contribution is -2.28. The third-order valence-corrected chi connectivity index (χ3v) is 9.28. The Balaban J connectivity index is 1.23. The molecule has 0 amide bonds. The molecular formula is C37H25NS. The number of rotatable bonds is 4. The second-order valence-electron chi connectivity index (χ2n) is 10.2. The molecule has 1 aliphatic carbocycles. The second-order valence-corrected chi connectivity index (χ2v) is 11.3. The van der Waals surface area contributed by atoms with Crippen molar-refractivity contribution in [1.82, 2.24) is 0 Å². The van der Waals surface area contributed by atoms with E-state index in [-0.39, 0.29) is 5.41 Å². The maximum absolute atomic E-state index is 3.66. The molecule has 7 aromatic rings. The first-order valence-electron chi connectivity index (χ1n) is 13.4. The fourth-order valence-corrected chi connectivity index (χ4v) is 7.63. The molecule has 0 bridgehead atoms. The van der Waals surface area contributed by atoms with Crippen molar-refractivity contribution < 1.29 is 0 Å². The van der Waals surface area contributed by atoms with Gasteiger partial charge in [0.1, 0.15) is 0 Å². The summed E-state index contributed by atoms with van der Waals surface area (Å²) < 4.78 is 2.64. The fraction of sp³-hybridized carbons (Fsp3) is 0.0270. The van der Waals surface area contributed by atoms with Crippen molar-refractivity contribution in [2.24, 2.45) is 0 Å². The van der Waals surface area contributed by atoms with Gasteiger partial charge in [-0.25, -0.2) is 0 Å². The van der Waals surface area contributed by atoms with Crippen LogP contribution in [0, 0.1) is 0 Å². The molecule has 0 fully saturated rings. The van der Waals surface area contributed by atoms with Gasteiger partial charge in [0.05, 0.1) is 5.41 Å². The topological polar surface area (TPSA) is 12.0 Å². The number of nitrogens with one attached hydrogen (secondary N) is 1. The first kappa shape index (κ1) is 22.3. The number of benzene rings is 6. The van der Waals surface area contributed by atoms with Gasteiger partial charge in [0.2, 0.25) is 0 Å². The molecule has 0 unspecified atom stereocenters. The fourth-order valence-electron chi connectivity index (χ4n) is 6.49. The van der Waals surface area contributed by atoms with Crippen LogP contribution in [-0.2, 0) is 5.41 Å². The van der Waals surface area contributed by atoms with Gasteiger partial charge in [-0.1, -0.05) is 115 Å². The summed E-state index contributed by atoms with van der Waals surface area (Å²) in [4.78, 5) is 0. The molecular weight excluding hydrogens is 490 g/mol. The van der Waals surface area contributed by atoms with E-state index < -0.39 is 0 Å². The summed E-state index contributed by atoms with van der Waals surface area (Å²) in [7, 11) is 0. The van der Waals surface area contributed by atoms with Crippen LogP contribution in [-0.4, -0.2) is 0 Å². The molecule has 8 rings (SSSR count). The molecule has 184 valence electrons. The highest BCUT2D eigenvalue weighted by Gasteiger charge is 2.45. The minimum absolute atomic E-state index is 0.358. The highest BCUT2D eigenvalue weighted by molar-refractivity contribution is 7.25. The minimum Gasteiger partial charge on any atom is -0.355 e. The van der Waals surface area contributed by atoms with Crippen LogP contribution < -0.4 is 5.32 Å². The van der Waals surface area contributed by atoms with Crippen LogP contribution >= 0.6 is 11.3 Å². The number of anilines is 2. The molecule has 39 heavy (non-hydrogen) atoms. The molecule has 1 nitrogen and oxygen atoms in total. The van der Waals surface area contributed by atoms with Crippen LogP contribution in [0.25, 0.3) is 31.3 Å². The highest BCUT2D eigenvalue weighted by Crippen LogP contribution is 2.56. The molecule has 1 heterocycles. The van der Waals surface area contributed by atoms with Crippen LogP contribution in [0.3, 0.4) is 0 Å². The zero-order valence-electron chi connectivity index (χ0n) is 21.3. The van der Waals surface area contributed by atoms with Gasteiger partial charge in [0.15, 0.2) is 0 Å². The van der Waals surface area contributed by atoms with Crippen molar-refractivity contribution in [2.75, 3.05) is 5.32 Å². The molecule has 0 saturated heterocycles. The lowest BCUT2D eigenvalue weighted by atomic mass is 9.68. The Morgan fingerprint density at radius 2 is 1.00 bits per heavy atom. The summed E-state index contributed by atoms with van der Waals surface area (Å²) in [6.07, 6.45) is 0. The molecule has 2 heteroatoms. The van der Waals surface area contributed by atoms with Crippen molar-refractivity contribution in [3.63, 3.8) is 0 Å². The van der Waals surface area contributed by atoms with E-state index in [1.807, 2.05) is 11.3 Å². The molecule has 1 aromatic heterocycles. The smallest absolute Gasteiger partial charge is 0.0713 e. The largest absolute Gasteiger partial charge is 0.355 e. The van der Waals surface area contributed by atoms with E-state index in [0.29, 0.717) is 0 Å². The molecule has 0 saturated carbocycles. The first-order valence-corrected chi connectivity index (χ1v) is 14.2. The number of thiophene rings is 1. The first-order chi connectivity index (χ1) is 19.3. The van der Waals surface area contributed by atoms with E-state index >= 15 is 0 Å². The third kappa shape index (κ3) is 3.32. The number of hydrogen-bond donors (Lipinski definition) is 1. The van der Waals surface area contributed by atoms with E-state index in [1.54, 1.807) is 0 Å². The summed E-state index contributed by atoms with van der Waals surface area (Å²) in [6.45, 7) is 0. The number of hydrogen-bond acceptors (Lipinski definition) is 2. The lowest BCUT2D eigenvalue weighted by Gasteiger charge is -2.34. The van der Waals surface area contributed by atoms with Gasteiger partial charge in [0, 0.05) is 31.5 Å². The van der Waals surface area contributed by atoms with Crippen LogP contribution in [0.1, 0.15) is 22.3 Å². The van der Waals surface area contributed by atoms with Crippen LogP contribution in [0.4, 0.5) is 11.4 Å². The van der Waals surface area contributed by atoms with E-state index in [1.165, 1.54) is 53.6 Å². The van der Waals surface area contributed by atoms with Gasteiger partial charge in [-0.15, -0.1) is 11.3 Å². The normalized spacial score (nSPS) is 13.3. The Hall–Kier alpha value is -4.66. The van der Waals surface area contributed by atoms with Crippen molar-refractivity contribution in [1.29, 1.82) is 0 Å². The summed E-state index contributed by atoms with van der Waals surface area (Å²) in [5.41, 5.74) is 9.71. The Morgan fingerprint density at radius 3 is 1.74 bits per heavy atom. The quantitative estimate of drug-likeness (QED) is 0.246. The standard InChI is InChI=1S/C37H25NS/c1-2-10-25(11-3-1)37(33-15-7-4-12-29(33)30-13-5-8-16-34(30)37)26-18-20-27(21-19-26)38-28-22-23-32-31-14-6-9-17-35(31)39-36(32)24-28/h1-24,38H. The van der Waals surface area contributed by atoms with Gasteiger partial charge in [0.25, 0.3) is 0 Å². The van der Waals surface area contributed by atoms with Crippen LogP contribution in [0.5, 0.6) is 0 Å². The predicted octanol–water partition coefficient (Wildman–Crippen LogP) is 10.2. The zero-order chi connectivity index (χ0) is 25.8. The maximum atomic E-state index is 3.66. The van der Waals surface area contributed by atoms with Gasteiger partial charge in [-0.2, -0.15) is 0 Å². The third-order valence-electron chi connectivity index (χ3n) is 8.14. The Labute approximate surface area is 232 Å². The molecule has 0 atom stereocenters. The average molecular weight is 516 g/mol. The molecule has 6 aromatic carbocycles. The van der Waals surface area contributed by atoms with E-state index in [4.69, 9.17) is 0 Å². The van der Waals surface area contributed by atoms with E-state index in [0.717, 1.165) is 11.4 Å². The van der Waals surface area contributed by atoms with Crippen molar-refractivity contribution >= 4 is 42.9 Å². The van der Waals surface area contributed by atoms with Gasteiger partial charge in [-0.3, -0.25) is 0 Å². The second kappa shape index (κ2) is 8.69.